The lowest BCUT2D eigenvalue weighted by molar-refractivity contribution is 0.205. The summed E-state index contributed by atoms with van der Waals surface area (Å²) < 4.78 is 27.6. The van der Waals surface area contributed by atoms with Crippen molar-refractivity contribution >= 4 is 10.0 Å². The maximum absolute atomic E-state index is 12.9. The Bertz CT molecular complexity index is 600. The second-order valence-electron chi connectivity index (χ2n) is 6.98. The Morgan fingerprint density at radius 1 is 1.10 bits per heavy atom. The largest absolute Gasteiger partial charge is 0.243 e. The Balaban J connectivity index is 1.87. The molecule has 0 aromatic heterocycles. The average Bonchev–Trinajstić information content (AvgIpc) is 2.77. The van der Waals surface area contributed by atoms with Crippen LogP contribution in [0.25, 0.3) is 0 Å². The molecule has 1 heterocycles. The second-order valence-corrected chi connectivity index (χ2v) is 8.87. The molecule has 1 aliphatic heterocycles. The Morgan fingerprint density at radius 2 is 1.71 bits per heavy atom. The lowest BCUT2D eigenvalue weighted by Gasteiger charge is -2.33. The Hall–Kier alpha value is -0.870. The van der Waals surface area contributed by atoms with E-state index in [4.69, 9.17) is 0 Å². The molecule has 3 rings (SSSR count). The molecule has 1 saturated heterocycles. The zero-order valence-corrected chi connectivity index (χ0v) is 13.8. The van der Waals surface area contributed by atoms with Crippen molar-refractivity contribution in [2.24, 2.45) is 5.41 Å². The van der Waals surface area contributed by atoms with Crippen molar-refractivity contribution in [1.29, 1.82) is 0 Å². The van der Waals surface area contributed by atoms with E-state index < -0.39 is 10.0 Å². The van der Waals surface area contributed by atoms with Crippen LogP contribution in [0, 0.1) is 12.3 Å². The molecular weight excluding hydrogens is 282 g/mol. The molecule has 1 aliphatic carbocycles. The molecule has 21 heavy (non-hydrogen) atoms. The third-order valence-corrected chi connectivity index (χ3v) is 7.23. The third-order valence-electron chi connectivity index (χ3n) is 5.25. The van der Waals surface area contributed by atoms with E-state index in [0.717, 1.165) is 12.0 Å². The van der Waals surface area contributed by atoms with Crippen LogP contribution in [0.2, 0.25) is 0 Å². The van der Waals surface area contributed by atoms with Crippen LogP contribution < -0.4 is 0 Å². The van der Waals surface area contributed by atoms with Crippen molar-refractivity contribution in [3.8, 4) is 0 Å². The van der Waals surface area contributed by atoms with Crippen molar-refractivity contribution in [3.05, 3.63) is 29.8 Å². The summed E-state index contributed by atoms with van der Waals surface area (Å²) in [5.74, 6) is 0. The van der Waals surface area contributed by atoms with Crippen LogP contribution in [0.3, 0.4) is 0 Å². The van der Waals surface area contributed by atoms with Crippen LogP contribution in [-0.4, -0.2) is 25.3 Å². The minimum absolute atomic E-state index is 0.120. The molecule has 0 bridgehead atoms. The number of aryl methyl sites for hydroxylation is 1. The fourth-order valence-electron chi connectivity index (χ4n) is 4.11. The van der Waals surface area contributed by atoms with Gasteiger partial charge in [-0.3, -0.25) is 0 Å². The normalized spacial score (nSPS) is 26.3. The quantitative estimate of drug-likeness (QED) is 0.835. The molecule has 0 amide bonds. The van der Waals surface area contributed by atoms with Gasteiger partial charge >= 0.3 is 0 Å². The topological polar surface area (TPSA) is 37.4 Å². The van der Waals surface area contributed by atoms with Gasteiger partial charge in [-0.25, -0.2) is 8.42 Å². The SMILES string of the molecule is Cc1ccc(S(=O)(=O)N2CC3(CCCCC3)CC2C)cc1. The highest BCUT2D eigenvalue weighted by Gasteiger charge is 2.47. The summed E-state index contributed by atoms with van der Waals surface area (Å²) in [7, 11) is -3.35. The molecule has 1 unspecified atom stereocenters. The van der Waals surface area contributed by atoms with E-state index in [1.54, 1.807) is 16.4 Å². The van der Waals surface area contributed by atoms with Crippen molar-refractivity contribution in [2.75, 3.05) is 6.54 Å². The van der Waals surface area contributed by atoms with Gasteiger partial charge in [-0.1, -0.05) is 37.0 Å². The van der Waals surface area contributed by atoms with Gasteiger partial charge < -0.3 is 0 Å². The molecule has 1 spiro atoms. The third kappa shape index (κ3) is 2.76. The highest BCUT2D eigenvalue weighted by molar-refractivity contribution is 7.89. The van der Waals surface area contributed by atoms with Gasteiger partial charge in [-0.2, -0.15) is 4.31 Å². The van der Waals surface area contributed by atoms with Crippen molar-refractivity contribution in [2.45, 2.75) is 63.3 Å². The van der Waals surface area contributed by atoms with E-state index in [-0.39, 0.29) is 11.5 Å². The zero-order chi connectivity index (χ0) is 15.1. The van der Waals surface area contributed by atoms with E-state index in [1.807, 2.05) is 19.1 Å². The molecular formula is C17H25NO2S. The maximum atomic E-state index is 12.9. The van der Waals surface area contributed by atoms with Gasteiger partial charge in [-0.05, 0) is 50.7 Å². The standard InChI is InChI=1S/C17H25NO2S/c1-14-6-8-16(9-7-14)21(19,20)18-13-17(12-15(18)2)10-4-3-5-11-17/h6-9,15H,3-5,10-13H2,1-2H3. The van der Waals surface area contributed by atoms with Crippen LogP contribution >= 0.6 is 0 Å². The zero-order valence-electron chi connectivity index (χ0n) is 13.0. The molecule has 1 saturated carbocycles. The minimum atomic E-state index is -3.35. The number of nitrogens with zero attached hydrogens (tertiary/aromatic N) is 1. The number of hydrogen-bond acceptors (Lipinski definition) is 2. The molecule has 2 aliphatic rings. The predicted molar refractivity (Wildman–Crippen MR) is 84.7 cm³/mol. The summed E-state index contributed by atoms with van der Waals surface area (Å²) in [5, 5.41) is 0. The van der Waals surface area contributed by atoms with Gasteiger partial charge in [0.15, 0.2) is 0 Å². The minimum Gasteiger partial charge on any atom is -0.207 e. The molecule has 1 atom stereocenters. The number of benzene rings is 1. The summed E-state index contributed by atoms with van der Waals surface area (Å²) in [5.41, 5.74) is 1.34. The molecule has 0 radical (unpaired) electrons. The average molecular weight is 307 g/mol. The van der Waals surface area contributed by atoms with E-state index in [0.29, 0.717) is 11.4 Å². The van der Waals surface area contributed by atoms with Crippen LogP contribution in [0.5, 0.6) is 0 Å². The van der Waals surface area contributed by atoms with E-state index in [9.17, 15) is 8.42 Å². The molecule has 1 aromatic rings. The fraction of sp³-hybridized carbons (Fsp3) is 0.647. The first-order valence-corrected chi connectivity index (χ1v) is 9.46. The molecule has 2 fully saturated rings. The monoisotopic (exact) mass is 307 g/mol. The number of hydrogen-bond donors (Lipinski definition) is 0. The van der Waals surface area contributed by atoms with Crippen LogP contribution in [0.4, 0.5) is 0 Å². The highest BCUT2D eigenvalue weighted by atomic mass is 32.2. The number of rotatable bonds is 2. The Morgan fingerprint density at radius 3 is 2.33 bits per heavy atom. The number of sulfonamides is 1. The van der Waals surface area contributed by atoms with Crippen molar-refractivity contribution in [1.82, 2.24) is 4.31 Å². The van der Waals surface area contributed by atoms with Gasteiger partial charge in [-0.15, -0.1) is 0 Å². The summed E-state index contributed by atoms with van der Waals surface area (Å²) in [6.45, 7) is 4.76. The highest BCUT2D eigenvalue weighted by Crippen LogP contribution is 2.47. The van der Waals surface area contributed by atoms with Gasteiger partial charge in [0.1, 0.15) is 0 Å². The van der Waals surface area contributed by atoms with Crippen molar-refractivity contribution in [3.63, 3.8) is 0 Å². The lowest BCUT2D eigenvalue weighted by Crippen LogP contribution is -2.35. The van der Waals surface area contributed by atoms with E-state index in [1.165, 1.54) is 32.1 Å². The smallest absolute Gasteiger partial charge is 0.207 e. The van der Waals surface area contributed by atoms with Gasteiger partial charge in [0.05, 0.1) is 4.90 Å². The molecule has 1 aromatic carbocycles. The predicted octanol–water partition coefficient (Wildman–Crippen LogP) is 3.73. The molecule has 3 nitrogen and oxygen atoms in total. The first kappa shape index (κ1) is 15.0. The Kier molecular flexibility index (Phi) is 3.87. The summed E-state index contributed by atoms with van der Waals surface area (Å²) in [6, 6.07) is 7.36. The summed E-state index contributed by atoms with van der Waals surface area (Å²) in [6.07, 6.45) is 7.23. The first-order chi connectivity index (χ1) is 9.93. The van der Waals surface area contributed by atoms with Gasteiger partial charge in [0.2, 0.25) is 10.0 Å². The lowest BCUT2D eigenvalue weighted by atomic mass is 9.73. The molecule has 0 N–H and O–H groups in total. The van der Waals surface area contributed by atoms with Crippen LogP contribution in [-0.2, 0) is 10.0 Å². The van der Waals surface area contributed by atoms with E-state index in [2.05, 4.69) is 6.92 Å². The Labute approximate surface area is 128 Å². The molecule has 116 valence electrons. The van der Waals surface area contributed by atoms with E-state index >= 15 is 0 Å². The van der Waals surface area contributed by atoms with Gasteiger partial charge in [0, 0.05) is 12.6 Å². The summed E-state index contributed by atoms with van der Waals surface area (Å²) in [4.78, 5) is 0.438. The van der Waals surface area contributed by atoms with Gasteiger partial charge in [0.25, 0.3) is 0 Å². The van der Waals surface area contributed by atoms with Crippen molar-refractivity contribution < 1.29 is 8.42 Å². The fourth-order valence-corrected chi connectivity index (χ4v) is 5.85. The maximum Gasteiger partial charge on any atom is 0.243 e. The summed E-state index contributed by atoms with van der Waals surface area (Å²) >= 11 is 0. The first-order valence-electron chi connectivity index (χ1n) is 8.02. The second kappa shape index (κ2) is 5.40. The van der Waals surface area contributed by atoms with Crippen LogP contribution in [0.1, 0.15) is 51.0 Å². The van der Waals surface area contributed by atoms with Crippen LogP contribution in [0.15, 0.2) is 29.2 Å². The molecule has 4 heteroatoms.